The van der Waals surface area contributed by atoms with Crippen LogP contribution in [-0.2, 0) is 6.18 Å². The van der Waals surface area contributed by atoms with Crippen LogP contribution in [0.3, 0.4) is 0 Å². The minimum atomic E-state index is -4.39. The summed E-state index contributed by atoms with van der Waals surface area (Å²) in [6, 6.07) is 12.7. The number of hydrogen-bond acceptors (Lipinski definition) is 1. The van der Waals surface area contributed by atoms with Gasteiger partial charge in [-0.15, -0.1) is 0 Å². The average Bonchev–Trinajstić information content (AvgIpc) is 3.02. The Morgan fingerprint density at radius 3 is 2.32 bits per heavy atom. The second-order valence-electron chi connectivity index (χ2n) is 7.35. The Kier molecular flexibility index (Phi) is 4.65. The molecule has 28 heavy (non-hydrogen) atoms. The molecule has 1 aliphatic rings. The van der Waals surface area contributed by atoms with Crippen molar-refractivity contribution in [3.05, 3.63) is 70.9 Å². The van der Waals surface area contributed by atoms with Crippen molar-refractivity contribution in [1.82, 2.24) is 9.88 Å². The molecule has 146 valence electrons. The van der Waals surface area contributed by atoms with Crippen LogP contribution in [-0.4, -0.2) is 28.9 Å². The molecular weight excluding hydrogens is 365 g/mol. The van der Waals surface area contributed by atoms with Gasteiger partial charge in [0, 0.05) is 35.2 Å². The summed E-state index contributed by atoms with van der Waals surface area (Å²) in [7, 11) is 0. The standard InChI is InChI=1S/C22H21F3N2O/c1-14-20(18-4-2-3-5-19(18)26-14)15-10-12-27(13-11-15)21(28)16-6-8-17(9-7-16)22(23,24)25/h2-9,15,26H,10-13H2,1H3. The first-order chi connectivity index (χ1) is 13.3. The van der Waals surface area contributed by atoms with Crippen molar-refractivity contribution >= 4 is 16.8 Å². The number of nitrogens with one attached hydrogen (secondary N) is 1. The number of carbonyl (C=O) groups excluding carboxylic acids is 1. The lowest BCUT2D eigenvalue weighted by Gasteiger charge is -2.32. The fraction of sp³-hybridized carbons (Fsp3) is 0.318. The van der Waals surface area contributed by atoms with Crippen molar-refractivity contribution in [1.29, 1.82) is 0 Å². The van der Waals surface area contributed by atoms with E-state index in [-0.39, 0.29) is 5.91 Å². The smallest absolute Gasteiger partial charge is 0.358 e. The van der Waals surface area contributed by atoms with E-state index in [2.05, 4.69) is 24.0 Å². The fourth-order valence-electron chi connectivity index (χ4n) is 4.18. The molecule has 1 amide bonds. The van der Waals surface area contributed by atoms with Gasteiger partial charge in [0.25, 0.3) is 5.91 Å². The van der Waals surface area contributed by atoms with Crippen molar-refractivity contribution in [3.63, 3.8) is 0 Å². The fourth-order valence-corrected chi connectivity index (χ4v) is 4.18. The van der Waals surface area contributed by atoms with E-state index in [4.69, 9.17) is 0 Å². The number of fused-ring (bicyclic) bond motifs is 1. The predicted octanol–water partition coefficient (Wildman–Crippen LogP) is 5.51. The maximum Gasteiger partial charge on any atom is 0.416 e. The zero-order chi connectivity index (χ0) is 19.9. The van der Waals surface area contributed by atoms with Gasteiger partial charge in [-0.2, -0.15) is 13.2 Å². The lowest BCUT2D eigenvalue weighted by molar-refractivity contribution is -0.137. The molecule has 2 aromatic carbocycles. The Labute approximate surface area is 161 Å². The van der Waals surface area contributed by atoms with E-state index in [0.29, 0.717) is 24.6 Å². The molecule has 0 aliphatic carbocycles. The van der Waals surface area contributed by atoms with Gasteiger partial charge in [0.15, 0.2) is 0 Å². The van der Waals surface area contributed by atoms with Crippen LogP contribution in [0.15, 0.2) is 48.5 Å². The van der Waals surface area contributed by atoms with Gasteiger partial charge in [0.05, 0.1) is 5.56 Å². The highest BCUT2D eigenvalue weighted by Gasteiger charge is 2.31. The minimum Gasteiger partial charge on any atom is -0.358 e. The van der Waals surface area contributed by atoms with Gasteiger partial charge in [0.2, 0.25) is 0 Å². The zero-order valence-electron chi connectivity index (χ0n) is 15.5. The molecule has 0 bridgehead atoms. The number of carbonyl (C=O) groups is 1. The third-order valence-corrected chi connectivity index (χ3v) is 5.59. The molecule has 3 nitrogen and oxygen atoms in total. The van der Waals surface area contributed by atoms with Crippen molar-refractivity contribution in [2.45, 2.75) is 31.9 Å². The summed E-state index contributed by atoms with van der Waals surface area (Å²) in [6.07, 6.45) is -2.71. The number of amides is 1. The first kappa shape index (κ1) is 18.6. The molecule has 0 saturated carbocycles. The Hall–Kier alpha value is -2.76. The molecule has 1 saturated heterocycles. The first-order valence-corrected chi connectivity index (χ1v) is 9.38. The lowest BCUT2D eigenvalue weighted by Crippen LogP contribution is -2.38. The summed E-state index contributed by atoms with van der Waals surface area (Å²) in [5.41, 5.74) is 3.16. The number of likely N-dealkylation sites (tertiary alicyclic amines) is 1. The molecule has 1 fully saturated rings. The van der Waals surface area contributed by atoms with Crippen LogP contribution in [0.4, 0.5) is 13.2 Å². The molecule has 1 aliphatic heterocycles. The van der Waals surface area contributed by atoms with E-state index in [0.717, 1.165) is 36.2 Å². The normalized spacial score (nSPS) is 15.9. The number of piperidine rings is 1. The van der Waals surface area contributed by atoms with Crippen LogP contribution in [0.1, 0.15) is 45.9 Å². The molecule has 4 rings (SSSR count). The van der Waals surface area contributed by atoms with Crippen LogP contribution < -0.4 is 0 Å². The van der Waals surface area contributed by atoms with Crippen molar-refractivity contribution < 1.29 is 18.0 Å². The highest BCUT2D eigenvalue weighted by molar-refractivity contribution is 5.94. The van der Waals surface area contributed by atoms with Gasteiger partial charge in [0.1, 0.15) is 0 Å². The Balaban J connectivity index is 1.46. The van der Waals surface area contributed by atoms with Gasteiger partial charge in [-0.05, 0) is 61.6 Å². The highest BCUT2D eigenvalue weighted by Crippen LogP contribution is 2.36. The Bertz CT molecular complexity index is 997. The largest absolute Gasteiger partial charge is 0.416 e. The van der Waals surface area contributed by atoms with Gasteiger partial charge in [-0.3, -0.25) is 4.79 Å². The monoisotopic (exact) mass is 386 g/mol. The third kappa shape index (κ3) is 3.39. The van der Waals surface area contributed by atoms with Crippen molar-refractivity contribution in [2.75, 3.05) is 13.1 Å². The summed E-state index contributed by atoms with van der Waals surface area (Å²) < 4.78 is 38.1. The number of benzene rings is 2. The molecular formula is C22H21F3N2O. The van der Waals surface area contributed by atoms with E-state index >= 15 is 0 Å². The van der Waals surface area contributed by atoms with Gasteiger partial charge < -0.3 is 9.88 Å². The minimum absolute atomic E-state index is 0.206. The van der Waals surface area contributed by atoms with E-state index in [1.54, 1.807) is 4.90 Å². The quantitative estimate of drug-likeness (QED) is 0.619. The van der Waals surface area contributed by atoms with Gasteiger partial charge in [-0.1, -0.05) is 18.2 Å². The van der Waals surface area contributed by atoms with Gasteiger partial charge >= 0.3 is 6.18 Å². The van der Waals surface area contributed by atoms with E-state index < -0.39 is 11.7 Å². The second-order valence-corrected chi connectivity index (χ2v) is 7.35. The molecule has 0 radical (unpaired) electrons. The van der Waals surface area contributed by atoms with E-state index in [9.17, 15) is 18.0 Å². The SMILES string of the molecule is Cc1[nH]c2ccccc2c1C1CCN(C(=O)c2ccc(C(F)(F)F)cc2)CC1. The van der Waals surface area contributed by atoms with Crippen molar-refractivity contribution in [2.24, 2.45) is 0 Å². The highest BCUT2D eigenvalue weighted by atomic mass is 19.4. The van der Waals surface area contributed by atoms with E-state index in [1.807, 2.05) is 12.1 Å². The topological polar surface area (TPSA) is 36.1 Å². The summed E-state index contributed by atoms with van der Waals surface area (Å²) in [5.74, 6) is 0.163. The van der Waals surface area contributed by atoms with Crippen LogP contribution in [0.2, 0.25) is 0 Å². The lowest BCUT2D eigenvalue weighted by atomic mass is 9.87. The number of aromatic nitrogens is 1. The van der Waals surface area contributed by atoms with Crippen LogP contribution in [0.5, 0.6) is 0 Å². The molecule has 6 heteroatoms. The number of aryl methyl sites for hydroxylation is 1. The van der Waals surface area contributed by atoms with Crippen LogP contribution >= 0.6 is 0 Å². The molecule has 2 heterocycles. The second kappa shape index (κ2) is 7.00. The Morgan fingerprint density at radius 2 is 1.68 bits per heavy atom. The summed E-state index contributed by atoms with van der Waals surface area (Å²) in [5, 5.41) is 1.23. The average molecular weight is 386 g/mol. The number of halogens is 3. The van der Waals surface area contributed by atoms with E-state index in [1.165, 1.54) is 23.1 Å². The number of aromatic amines is 1. The number of H-pyrrole nitrogens is 1. The first-order valence-electron chi connectivity index (χ1n) is 9.38. The number of rotatable bonds is 2. The maximum absolute atomic E-state index is 12.7. The summed E-state index contributed by atoms with van der Waals surface area (Å²) in [4.78, 5) is 17.8. The number of para-hydroxylation sites is 1. The number of nitrogens with zero attached hydrogens (tertiary/aromatic N) is 1. The molecule has 3 aromatic rings. The zero-order valence-corrected chi connectivity index (χ0v) is 15.5. The molecule has 1 aromatic heterocycles. The van der Waals surface area contributed by atoms with Crippen molar-refractivity contribution in [3.8, 4) is 0 Å². The maximum atomic E-state index is 12.7. The number of hydrogen-bond donors (Lipinski definition) is 1. The molecule has 0 unspecified atom stereocenters. The molecule has 1 N–H and O–H groups in total. The van der Waals surface area contributed by atoms with Gasteiger partial charge in [-0.25, -0.2) is 0 Å². The molecule has 0 atom stereocenters. The molecule has 0 spiro atoms. The number of alkyl halides is 3. The Morgan fingerprint density at radius 1 is 1.04 bits per heavy atom. The van der Waals surface area contributed by atoms with Crippen LogP contribution in [0.25, 0.3) is 10.9 Å². The third-order valence-electron chi connectivity index (χ3n) is 5.59. The van der Waals surface area contributed by atoms with Crippen LogP contribution in [0, 0.1) is 6.92 Å². The summed E-state index contributed by atoms with van der Waals surface area (Å²) in [6.45, 7) is 3.28. The predicted molar refractivity (Wildman–Crippen MR) is 102 cm³/mol. The summed E-state index contributed by atoms with van der Waals surface area (Å²) >= 11 is 0.